The lowest BCUT2D eigenvalue weighted by atomic mass is 10.2. The normalized spacial score (nSPS) is 11.9. The van der Waals surface area contributed by atoms with Gasteiger partial charge in [0, 0.05) is 27.7 Å². The van der Waals surface area contributed by atoms with Gasteiger partial charge in [-0.3, -0.25) is 9.19 Å². The van der Waals surface area contributed by atoms with Crippen molar-refractivity contribution in [2.45, 2.75) is 20.6 Å². The fraction of sp³-hybridized carbons (Fsp3) is 0.0455. The van der Waals surface area contributed by atoms with Crippen molar-refractivity contribution < 1.29 is 4.21 Å². The van der Waals surface area contributed by atoms with Crippen LogP contribution >= 0.6 is 11.8 Å². The van der Waals surface area contributed by atoms with Gasteiger partial charge in [-0.05, 0) is 42.5 Å². The molecular formula is C22H17N3OS2. The number of benzene rings is 2. The van der Waals surface area contributed by atoms with Crippen molar-refractivity contribution in [3.05, 3.63) is 97.0 Å². The van der Waals surface area contributed by atoms with Crippen LogP contribution < -0.4 is 0 Å². The van der Waals surface area contributed by atoms with Crippen LogP contribution in [-0.2, 0) is 16.6 Å². The van der Waals surface area contributed by atoms with Gasteiger partial charge in [-0.2, -0.15) is 0 Å². The number of rotatable bonds is 6. The maximum absolute atomic E-state index is 12.8. The van der Waals surface area contributed by atoms with Gasteiger partial charge in [0.2, 0.25) is 0 Å². The SMILES string of the molecule is O=[S@](Cc1cc(Sc2ccccc2)nc(-c2cccnc2)n1)c1ccccc1. The van der Waals surface area contributed by atoms with E-state index in [2.05, 4.69) is 9.97 Å². The lowest BCUT2D eigenvalue weighted by molar-refractivity contribution is 0.682. The Kier molecular flexibility index (Phi) is 5.89. The van der Waals surface area contributed by atoms with E-state index in [0.717, 1.165) is 26.1 Å². The van der Waals surface area contributed by atoms with Crippen molar-refractivity contribution in [3.63, 3.8) is 0 Å². The molecule has 0 amide bonds. The standard InChI is InChI=1S/C22H17N3OS2/c26-28(20-11-5-2-6-12-20)16-18-14-21(27-19-9-3-1-4-10-19)25-22(24-18)17-8-7-13-23-15-17/h1-15H,16H2/t28-/m1/s1. The summed E-state index contributed by atoms with van der Waals surface area (Å²) in [5.74, 6) is 0.927. The second-order valence-corrected chi connectivity index (χ2v) is 8.53. The third kappa shape index (κ3) is 4.71. The molecule has 0 N–H and O–H groups in total. The molecule has 0 unspecified atom stereocenters. The zero-order valence-corrected chi connectivity index (χ0v) is 16.6. The van der Waals surface area contributed by atoms with E-state index >= 15 is 0 Å². The van der Waals surface area contributed by atoms with Crippen molar-refractivity contribution in [1.82, 2.24) is 15.0 Å². The first kappa shape index (κ1) is 18.5. The van der Waals surface area contributed by atoms with Crippen LogP contribution in [0.1, 0.15) is 5.69 Å². The minimum Gasteiger partial charge on any atom is -0.264 e. The Bertz CT molecular complexity index is 1070. The number of hydrogen-bond donors (Lipinski definition) is 0. The van der Waals surface area contributed by atoms with Crippen LogP contribution in [0.5, 0.6) is 0 Å². The predicted octanol–water partition coefficient (Wildman–Crippen LogP) is 5.00. The lowest BCUT2D eigenvalue weighted by Gasteiger charge is -2.08. The molecule has 2 aromatic heterocycles. The molecule has 4 nitrogen and oxygen atoms in total. The number of aromatic nitrogens is 3. The van der Waals surface area contributed by atoms with Gasteiger partial charge in [-0.15, -0.1) is 0 Å². The van der Waals surface area contributed by atoms with Crippen molar-refractivity contribution in [3.8, 4) is 11.4 Å². The second kappa shape index (κ2) is 8.91. The number of nitrogens with zero attached hydrogens (tertiary/aromatic N) is 3. The van der Waals surface area contributed by atoms with Gasteiger partial charge >= 0.3 is 0 Å². The van der Waals surface area contributed by atoms with Gasteiger partial charge in [-0.25, -0.2) is 9.97 Å². The van der Waals surface area contributed by atoms with E-state index in [0.29, 0.717) is 11.6 Å². The van der Waals surface area contributed by atoms with Gasteiger partial charge in [0.25, 0.3) is 0 Å². The largest absolute Gasteiger partial charge is 0.264 e. The zero-order chi connectivity index (χ0) is 19.2. The molecule has 4 aromatic rings. The molecule has 28 heavy (non-hydrogen) atoms. The van der Waals surface area contributed by atoms with E-state index in [1.54, 1.807) is 24.2 Å². The molecule has 1 atom stereocenters. The van der Waals surface area contributed by atoms with Crippen LogP contribution in [0.15, 0.2) is 106 Å². The van der Waals surface area contributed by atoms with Gasteiger partial charge < -0.3 is 0 Å². The highest BCUT2D eigenvalue weighted by atomic mass is 32.2. The third-order valence-electron chi connectivity index (χ3n) is 3.93. The molecule has 2 aromatic carbocycles. The van der Waals surface area contributed by atoms with Crippen molar-refractivity contribution >= 4 is 22.6 Å². The first-order chi connectivity index (χ1) is 13.8. The fourth-order valence-corrected chi connectivity index (χ4v) is 4.53. The van der Waals surface area contributed by atoms with Crippen LogP contribution in [0, 0.1) is 0 Å². The smallest absolute Gasteiger partial charge is 0.162 e. The van der Waals surface area contributed by atoms with Crippen molar-refractivity contribution in [1.29, 1.82) is 0 Å². The Hall–Kier alpha value is -2.83. The average molecular weight is 404 g/mol. The topological polar surface area (TPSA) is 55.7 Å². The van der Waals surface area contributed by atoms with Gasteiger partial charge in [0.15, 0.2) is 5.82 Å². The van der Waals surface area contributed by atoms with Gasteiger partial charge in [0.1, 0.15) is 5.03 Å². The summed E-state index contributed by atoms with van der Waals surface area (Å²) in [7, 11) is -1.17. The molecular weight excluding hydrogens is 386 g/mol. The highest BCUT2D eigenvalue weighted by Gasteiger charge is 2.12. The first-order valence-electron chi connectivity index (χ1n) is 8.72. The Morgan fingerprint density at radius 1 is 0.857 bits per heavy atom. The minimum atomic E-state index is -1.17. The highest BCUT2D eigenvalue weighted by Crippen LogP contribution is 2.28. The summed E-state index contributed by atoms with van der Waals surface area (Å²) < 4.78 is 12.8. The molecule has 0 bridgehead atoms. The summed E-state index contributed by atoms with van der Waals surface area (Å²) in [4.78, 5) is 15.4. The van der Waals surface area contributed by atoms with E-state index in [-0.39, 0.29) is 0 Å². The minimum absolute atomic E-state index is 0.335. The summed E-state index contributed by atoms with van der Waals surface area (Å²) in [5, 5.41) is 0.820. The molecule has 0 saturated heterocycles. The Labute approximate surface area is 170 Å². The van der Waals surface area contributed by atoms with Crippen LogP contribution in [0.4, 0.5) is 0 Å². The van der Waals surface area contributed by atoms with Gasteiger partial charge in [0.05, 0.1) is 22.2 Å². The summed E-state index contributed by atoms with van der Waals surface area (Å²) in [6, 6.07) is 25.2. The zero-order valence-electron chi connectivity index (χ0n) is 14.9. The summed E-state index contributed by atoms with van der Waals surface area (Å²) in [5.41, 5.74) is 1.58. The monoisotopic (exact) mass is 403 g/mol. The van der Waals surface area contributed by atoms with E-state index < -0.39 is 10.8 Å². The summed E-state index contributed by atoms with van der Waals surface area (Å²) >= 11 is 1.56. The van der Waals surface area contributed by atoms with Gasteiger partial charge in [-0.1, -0.05) is 48.2 Å². The molecule has 0 aliphatic rings. The first-order valence-corrected chi connectivity index (χ1v) is 10.9. The number of pyridine rings is 1. The van der Waals surface area contributed by atoms with E-state index in [1.165, 1.54) is 0 Å². The molecule has 4 rings (SSSR count). The van der Waals surface area contributed by atoms with E-state index in [1.807, 2.05) is 78.9 Å². The van der Waals surface area contributed by atoms with E-state index in [4.69, 9.17) is 4.98 Å². The Balaban J connectivity index is 1.68. The van der Waals surface area contributed by atoms with Crippen LogP contribution in [0.25, 0.3) is 11.4 Å². The quantitative estimate of drug-likeness (QED) is 0.424. The fourth-order valence-electron chi connectivity index (χ4n) is 2.62. The van der Waals surface area contributed by atoms with Crippen LogP contribution in [0.2, 0.25) is 0 Å². The van der Waals surface area contributed by atoms with Crippen molar-refractivity contribution in [2.75, 3.05) is 0 Å². The predicted molar refractivity (Wildman–Crippen MR) is 112 cm³/mol. The molecule has 0 saturated carbocycles. The molecule has 0 spiro atoms. The number of hydrogen-bond acceptors (Lipinski definition) is 5. The van der Waals surface area contributed by atoms with E-state index in [9.17, 15) is 4.21 Å². The summed E-state index contributed by atoms with van der Waals surface area (Å²) in [6.45, 7) is 0. The molecule has 138 valence electrons. The molecule has 0 fully saturated rings. The Morgan fingerprint density at radius 2 is 1.61 bits per heavy atom. The third-order valence-corrected chi connectivity index (χ3v) is 6.21. The maximum atomic E-state index is 12.8. The maximum Gasteiger partial charge on any atom is 0.162 e. The van der Waals surface area contributed by atoms with Crippen molar-refractivity contribution in [2.24, 2.45) is 0 Å². The highest BCUT2D eigenvalue weighted by molar-refractivity contribution is 7.99. The molecule has 0 aliphatic heterocycles. The second-order valence-electron chi connectivity index (χ2n) is 5.98. The lowest BCUT2D eigenvalue weighted by Crippen LogP contribution is -2.02. The summed E-state index contributed by atoms with van der Waals surface area (Å²) in [6.07, 6.45) is 3.46. The van der Waals surface area contributed by atoms with Crippen LogP contribution in [0.3, 0.4) is 0 Å². The molecule has 2 heterocycles. The molecule has 0 radical (unpaired) electrons. The Morgan fingerprint density at radius 3 is 2.32 bits per heavy atom. The molecule has 6 heteroatoms. The molecule has 0 aliphatic carbocycles. The van der Waals surface area contributed by atoms with Crippen LogP contribution in [-0.4, -0.2) is 19.2 Å². The average Bonchev–Trinajstić information content (AvgIpc) is 2.75.